The van der Waals surface area contributed by atoms with Crippen LogP contribution in [0, 0.1) is 5.41 Å². The Morgan fingerprint density at radius 2 is 2.04 bits per heavy atom. The summed E-state index contributed by atoms with van der Waals surface area (Å²) in [5.41, 5.74) is 0.687. The number of ether oxygens (including phenoxy) is 1. The molecule has 0 radical (unpaired) electrons. The summed E-state index contributed by atoms with van der Waals surface area (Å²) < 4.78 is 6.40. The van der Waals surface area contributed by atoms with E-state index in [0.29, 0.717) is 13.2 Å². The smallest absolute Gasteiger partial charge is 0.228 e. The molecule has 1 heterocycles. The summed E-state index contributed by atoms with van der Waals surface area (Å²) in [7, 11) is 1.67. The molecule has 24 heavy (non-hydrogen) atoms. The number of amides is 1. The van der Waals surface area contributed by atoms with E-state index in [4.69, 9.17) is 4.74 Å². The molecule has 0 saturated carbocycles. The number of hydrogen-bond acceptors (Lipinski definition) is 3. The maximum absolute atomic E-state index is 12.8. The van der Waals surface area contributed by atoms with Crippen LogP contribution in [0.2, 0.25) is 0 Å². The van der Waals surface area contributed by atoms with Crippen LogP contribution in [0.25, 0.3) is 0 Å². The van der Waals surface area contributed by atoms with E-state index < -0.39 is 5.41 Å². The van der Waals surface area contributed by atoms with Gasteiger partial charge < -0.3 is 15.4 Å². The van der Waals surface area contributed by atoms with Crippen LogP contribution in [0.3, 0.4) is 0 Å². The minimum absolute atomic E-state index is 0. The maximum Gasteiger partial charge on any atom is 0.228 e. The summed E-state index contributed by atoms with van der Waals surface area (Å²) in [6.45, 7) is 7.14. The molecule has 1 saturated heterocycles. The van der Waals surface area contributed by atoms with Gasteiger partial charge in [0.15, 0.2) is 0 Å². The Morgan fingerprint density at radius 1 is 1.38 bits per heavy atom. The second kappa shape index (κ2) is 9.18. The van der Waals surface area contributed by atoms with E-state index in [1.54, 1.807) is 7.11 Å². The minimum atomic E-state index is -0.395. The van der Waals surface area contributed by atoms with Crippen molar-refractivity contribution in [3.63, 3.8) is 0 Å². The molecule has 0 atom stereocenters. The molecule has 6 heteroatoms. The normalized spacial score (nSPS) is 17.0. The van der Waals surface area contributed by atoms with Gasteiger partial charge in [0.1, 0.15) is 0 Å². The minimum Gasteiger partial charge on any atom is -0.384 e. The van der Waals surface area contributed by atoms with Crippen molar-refractivity contribution >= 4 is 34.2 Å². The quantitative estimate of drug-likeness (QED) is 0.744. The number of carbonyl (C=O) groups excluding carboxylic acids is 1. The van der Waals surface area contributed by atoms with Crippen LogP contribution in [0.1, 0.15) is 32.3 Å². The Labute approximate surface area is 159 Å². The van der Waals surface area contributed by atoms with E-state index in [2.05, 4.69) is 52.5 Å². The molecule has 0 aliphatic carbocycles. The molecule has 2 N–H and O–H groups in total. The lowest BCUT2D eigenvalue weighted by Crippen LogP contribution is -2.52. The number of halogens is 2. The molecule has 1 aromatic rings. The summed E-state index contributed by atoms with van der Waals surface area (Å²) in [6.07, 6.45) is 1.65. The third-order valence-electron chi connectivity index (χ3n) is 4.76. The SMILES string of the molecule is COCC1(C(=O)NCC(C)(C)c2cccc(Br)c2)CCNCC1.Cl. The Bertz CT molecular complexity index is 540. The van der Waals surface area contributed by atoms with Gasteiger partial charge in [-0.15, -0.1) is 12.4 Å². The van der Waals surface area contributed by atoms with E-state index >= 15 is 0 Å². The molecule has 1 aliphatic rings. The molecule has 4 nitrogen and oxygen atoms in total. The molecule has 0 spiro atoms. The second-order valence-corrected chi connectivity index (χ2v) is 7.96. The lowest BCUT2D eigenvalue weighted by molar-refractivity contribution is -0.136. The van der Waals surface area contributed by atoms with Crippen molar-refractivity contribution in [3.05, 3.63) is 34.3 Å². The predicted molar refractivity (Wildman–Crippen MR) is 104 cm³/mol. The van der Waals surface area contributed by atoms with Crippen molar-refractivity contribution in [1.29, 1.82) is 0 Å². The lowest BCUT2D eigenvalue weighted by Gasteiger charge is -2.37. The fraction of sp³-hybridized carbons (Fsp3) is 0.611. The van der Waals surface area contributed by atoms with Crippen LogP contribution >= 0.6 is 28.3 Å². The van der Waals surface area contributed by atoms with E-state index in [9.17, 15) is 4.79 Å². The van der Waals surface area contributed by atoms with Crippen LogP contribution in [-0.2, 0) is 14.9 Å². The molecule has 0 aromatic heterocycles. The highest BCUT2D eigenvalue weighted by Crippen LogP contribution is 2.30. The van der Waals surface area contributed by atoms with Gasteiger partial charge in [-0.1, -0.05) is 41.9 Å². The van der Waals surface area contributed by atoms with Gasteiger partial charge in [0.05, 0.1) is 12.0 Å². The zero-order chi connectivity index (χ0) is 16.9. The van der Waals surface area contributed by atoms with Gasteiger partial charge in [-0.25, -0.2) is 0 Å². The zero-order valence-corrected chi connectivity index (χ0v) is 17.1. The Balaban J connectivity index is 0.00000288. The van der Waals surface area contributed by atoms with Crippen molar-refractivity contribution < 1.29 is 9.53 Å². The van der Waals surface area contributed by atoms with E-state index in [0.717, 1.165) is 30.4 Å². The highest BCUT2D eigenvalue weighted by Gasteiger charge is 2.40. The molecular formula is C18H28BrClN2O2. The highest BCUT2D eigenvalue weighted by atomic mass is 79.9. The van der Waals surface area contributed by atoms with Crippen molar-refractivity contribution in [2.75, 3.05) is 33.4 Å². The molecule has 2 rings (SSSR count). The summed E-state index contributed by atoms with van der Waals surface area (Å²) in [6, 6.07) is 8.26. The first-order chi connectivity index (χ1) is 10.9. The zero-order valence-electron chi connectivity index (χ0n) is 14.7. The number of piperidine rings is 1. The highest BCUT2D eigenvalue weighted by molar-refractivity contribution is 9.10. The number of carbonyl (C=O) groups is 1. The second-order valence-electron chi connectivity index (χ2n) is 7.04. The van der Waals surface area contributed by atoms with Gasteiger partial charge in [-0.2, -0.15) is 0 Å². The van der Waals surface area contributed by atoms with Crippen LogP contribution in [0.15, 0.2) is 28.7 Å². The number of rotatable bonds is 6. The molecule has 136 valence electrons. The Morgan fingerprint density at radius 3 is 2.62 bits per heavy atom. The van der Waals surface area contributed by atoms with Crippen molar-refractivity contribution in [2.24, 2.45) is 5.41 Å². The summed E-state index contributed by atoms with van der Waals surface area (Å²) in [5, 5.41) is 6.49. The largest absolute Gasteiger partial charge is 0.384 e. The lowest BCUT2D eigenvalue weighted by atomic mass is 9.78. The molecule has 0 bridgehead atoms. The van der Waals surface area contributed by atoms with Crippen LogP contribution in [-0.4, -0.2) is 39.3 Å². The molecule has 1 amide bonds. The van der Waals surface area contributed by atoms with Gasteiger partial charge in [0.2, 0.25) is 5.91 Å². The van der Waals surface area contributed by atoms with Crippen LogP contribution in [0.4, 0.5) is 0 Å². The van der Waals surface area contributed by atoms with Gasteiger partial charge >= 0.3 is 0 Å². The topological polar surface area (TPSA) is 50.4 Å². The number of methoxy groups -OCH3 is 1. The fourth-order valence-corrected chi connectivity index (χ4v) is 3.52. The summed E-state index contributed by atoms with van der Waals surface area (Å²) >= 11 is 3.52. The standard InChI is InChI=1S/C18H27BrN2O2.ClH/c1-17(2,14-5-4-6-15(19)11-14)12-21-16(22)18(13-23-3)7-9-20-10-8-18;/h4-6,11,20H,7-10,12-13H2,1-3H3,(H,21,22);1H. The summed E-state index contributed by atoms with van der Waals surface area (Å²) in [4.78, 5) is 12.8. The van der Waals surface area contributed by atoms with E-state index in [1.807, 2.05) is 12.1 Å². The number of hydrogen-bond donors (Lipinski definition) is 2. The first-order valence-corrected chi connectivity index (χ1v) is 8.93. The number of nitrogens with one attached hydrogen (secondary N) is 2. The predicted octanol–water partition coefficient (Wildman–Crippen LogP) is 3.28. The van der Waals surface area contributed by atoms with Gasteiger partial charge in [0, 0.05) is 23.5 Å². The van der Waals surface area contributed by atoms with Gasteiger partial charge in [-0.05, 0) is 43.6 Å². The van der Waals surface area contributed by atoms with E-state index in [1.165, 1.54) is 5.56 Å². The molecule has 1 aromatic carbocycles. The summed E-state index contributed by atoms with van der Waals surface area (Å²) in [5.74, 6) is 0.115. The monoisotopic (exact) mass is 418 g/mol. The van der Waals surface area contributed by atoms with Gasteiger partial charge in [-0.3, -0.25) is 4.79 Å². The third-order valence-corrected chi connectivity index (χ3v) is 5.25. The van der Waals surface area contributed by atoms with Crippen LogP contribution in [0.5, 0.6) is 0 Å². The Hall–Kier alpha value is -0.620. The average Bonchev–Trinajstić information content (AvgIpc) is 2.54. The Kier molecular flexibility index (Phi) is 8.20. The van der Waals surface area contributed by atoms with Crippen molar-refractivity contribution in [3.8, 4) is 0 Å². The molecule has 1 fully saturated rings. The van der Waals surface area contributed by atoms with Gasteiger partial charge in [0.25, 0.3) is 0 Å². The number of benzene rings is 1. The average molecular weight is 420 g/mol. The fourth-order valence-electron chi connectivity index (χ4n) is 3.12. The van der Waals surface area contributed by atoms with E-state index in [-0.39, 0.29) is 23.7 Å². The maximum atomic E-state index is 12.8. The van der Waals surface area contributed by atoms with Crippen LogP contribution < -0.4 is 10.6 Å². The van der Waals surface area contributed by atoms with Crippen molar-refractivity contribution in [2.45, 2.75) is 32.1 Å². The van der Waals surface area contributed by atoms with Crippen molar-refractivity contribution in [1.82, 2.24) is 10.6 Å². The first kappa shape index (κ1) is 21.4. The first-order valence-electron chi connectivity index (χ1n) is 8.14. The molecular weight excluding hydrogens is 392 g/mol. The molecule has 1 aliphatic heterocycles. The molecule has 0 unspecified atom stereocenters. The third kappa shape index (κ3) is 5.19.